The second-order valence-electron chi connectivity index (χ2n) is 11.6. The number of carbonyl (C=O) groups is 3. The summed E-state index contributed by atoms with van der Waals surface area (Å²) in [5.74, 6) is -1.26. The third-order valence-electron chi connectivity index (χ3n) is 7.70. The summed E-state index contributed by atoms with van der Waals surface area (Å²) in [6.45, 7) is 8.47. The summed E-state index contributed by atoms with van der Waals surface area (Å²) in [7, 11) is 1.31. The molecule has 1 aromatic rings. The second-order valence-corrected chi connectivity index (χ2v) is 11.6. The van der Waals surface area contributed by atoms with E-state index in [0.717, 1.165) is 31.8 Å². The predicted molar refractivity (Wildman–Crippen MR) is 182 cm³/mol. The van der Waals surface area contributed by atoms with Gasteiger partial charge in [-0.15, -0.1) is 0 Å². The summed E-state index contributed by atoms with van der Waals surface area (Å²) >= 11 is 0. The van der Waals surface area contributed by atoms with Crippen molar-refractivity contribution in [2.75, 3.05) is 20.3 Å². The number of benzene rings is 1. The fourth-order valence-electron chi connectivity index (χ4n) is 4.94. The Balaban J connectivity index is 0.00000278. The standard InChI is InChI=1S/C34H58O4.C4H6O2/c1-3-5-7-9-11-13-15-17-19-21-25-29-37-33(35)31-27-23-24-28-32(31)34(36)38-30-26-22-20-18-16-14-12-10-8-6-4-2;1-3-4(5)6-2/h23-24,27-28H,3-22,25-26,29-30H2,1-2H3;3H,1H2,2H3. The van der Waals surface area contributed by atoms with Gasteiger partial charge in [0.25, 0.3) is 0 Å². The average Bonchev–Trinajstić information content (AvgIpc) is 3.05. The van der Waals surface area contributed by atoms with Crippen molar-refractivity contribution in [2.24, 2.45) is 0 Å². The lowest BCUT2D eigenvalue weighted by atomic mass is 10.1. The van der Waals surface area contributed by atoms with Crippen molar-refractivity contribution < 1.29 is 28.6 Å². The molecule has 0 aliphatic heterocycles. The number of carbonyl (C=O) groups excluding carboxylic acids is 3. The molecule has 6 nitrogen and oxygen atoms in total. The van der Waals surface area contributed by atoms with Crippen molar-refractivity contribution in [1.82, 2.24) is 0 Å². The zero-order valence-corrected chi connectivity index (χ0v) is 28.5. The van der Waals surface area contributed by atoms with E-state index in [4.69, 9.17) is 9.47 Å². The summed E-state index contributed by atoms with van der Waals surface area (Å²) in [5, 5.41) is 0. The maximum absolute atomic E-state index is 12.6. The number of methoxy groups -OCH3 is 1. The Morgan fingerprint density at radius 1 is 0.545 bits per heavy atom. The Bertz CT molecular complexity index is 790. The number of unbranched alkanes of at least 4 members (excludes halogenated alkanes) is 20. The molecule has 252 valence electrons. The molecule has 0 aliphatic carbocycles. The molecule has 0 bridgehead atoms. The fourth-order valence-corrected chi connectivity index (χ4v) is 4.94. The largest absolute Gasteiger partial charge is 0.466 e. The van der Waals surface area contributed by atoms with E-state index in [2.05, 4.69) is 25.2 Å². The highest BCUT2D eigenvalue weighted by Crippen LogP contribution is 2.15. The number of ether oxygens (including phenoxy) is 3. The molecule has 0 heterocycles. The van der Waals surface area contributed by atoms with Gasteiger partial charge < -0.3 is 14.2 Å². The molecule has 0 aromatic heterocycles. The summed E-state index contributed by atoms with van der Waals surface area (Å²) < 4.78 is 15.1. The molecule has 0 radical (unpaired) electrons. The van der Waals surface area contributed by atoms with E-state index in [1.165, 1.54) is 123 Å². The van der Waals surface area contributed by atoms with E-state index < -0.39 is 17.9 Å². The van der Waals surface area contributed by atoms with Gasteiger partial charge in [-0.1, -0.05) is 161 Å². The van der Waals surface area contributed by atoms with Crippen molar-refractivity contribution in [3.8, 4) is 0 Å². The van der Waals surface area contributed by atoms with E-state index in [1.807, 2.05) is 0 Å². The molecule has 0 saturated heterocycles. The first-order chi connectivity index (χ1) is 21.5. The summed E-state index contributed by atoms with van der Waals surface area (Å²) in [6.07, 6.45) is 28.7. The lowest BCUT2D eigenvalue weighted by Gasteiger charge is -2.10. The van der Waals surface area contributed by atoms with Crippen LogP contribution in [0, 0.1) is 0 Å². The van der Waals surface area contributed by atoms with Crippen molar-refractivity contribution >= 4 is 17.9 Å². The molecule has 0 saturated carbocycles. The van der Waals surface area contributed by atoms with E-state index in [1.54, 1.807) is 24.3 Å². The lowest BCUT2D eigenvalue weighted by molar-refractivity contribution is -0.134. The van der Waals surface area contributed by atoms with Crippen LogP contribution in [-0.2, 0) is 19.0 Å². The smallest absolute Gasteiger partial charge is 0.339 e. The Kier molecular flexibility index (Phi) is 29.9. The topological polar surface area (TPSA) is 78.9 Å². The van der Waals surface area contributed by atoms with Crippen LogP contribution >= 0.6 is 0 Å². The minimum atomic E-state index is -0.431. The van der Waals surface area contributed by atoms with Crippen LogP contribution in [0.3, 0.4) is 0 Å². The molecule has 6 heteroatoms. The predicted octanol–water partition coefficient (Wildman–Crippen LogP) is 11.0. The van der Waals surface area contributed by atoms with Crippen LogP contribution in [0.2, 0.25) is 0 Å². The highest BCUT2D eigenvalue weighted by Gasteiger charge is 2.18. The van der Waals surface area contributed by atoms with E-state index in [-0.39, 0.29) is 0 Å². The van der Waals surface area contributed by atoms with Gasteiger partial charge in [0.2, 0.25) is 0 Å². The molecule has 0 amide bonds. The molecular weight excluding hydrogens is 552 g/mol. The minimum Gasteiger partial charge on any atom is -0.466 e. The van der Waals surface area contributed by atoms with Crippen molar-refractivity contribution in [2.45, 2.75) is 155 Å². The maximum Gasteiger partial charge on any atom is 0.339 e. The summed E-state index contributed by atoms with van der Waals surface area (Å²) in [4.78, 5) is 35.0. The molecule has 0 spiro atoms. The molecular formula is C38H64O6. The minimum absolute atomic E-state index is 0.305. The van der Waals surface area contributed by atoms with Gasteiger partial charge in [-0.2, -0.15) is 0 Å². The highest BCUT2D eigenvalue weighted by molar-refractivity contribution is 6.03. The molecule has 0 atom stereocenters. The van der Waals surface area contributed by atoms with Crippen LogP contribution in [-0.4, -0.2) is 38.2 Å². The second kappa shape index (κ2) is 31.8. The Hall–Kier alpha value is -2.63. The molecule has 1 rings (SSSR count). The van der Waals surface area contributed by atoms with Gasteiger partial charge >= 0.3 is 17.9 Å². The van der Waals surface area contributed by atoms with Crippen LogP contribution in [0.5, 0.6) is 0 Å². The first-order valence-corrected chi connectivity index (χ1v) is 17.6. The van der Waals surface area contributed by atoms with Gasteiger partial charge in [0.1, 0.15) is 0 Å². The zero-order valence-electron chi connectivity index (χ0n) is 28.5. The third kappa shape index (κ3) is 24.8. The van der Waals surface area contributed by atoms with Gasteiger partial charge in [-0.05, 0) is 25.0 Å². The SMILES string of the molecule is C=CC(=O)OC.CCCCCCCCCCCCCOC(=O)c1ccccc1C(=O)OCCCCCCCCCCCCC. The summed E-state index contributed by atoms with van der Waals surface area (Å²) in [5.41, 5.74) is 0.610. The Morgan fingerprint density at radius 3 is 1.09 bits per heavy atom. The van der Waals surface area contributed by atoms with Crippen LogP contribution in [0.1, 0.15) is 176 Å². The fraction of sp³-hybridized carbons (Fsp3) is 0.711. The Labute approximate surface area is 269 Å². The first kappa shape index (κ1) is 41.4. The molecule has 44 heavy (non-hydrogen) atoms. The molecule has 0 N–H and O–H groups in total. The van der Waals surface area contributed by atoms with Crippen molar-refractivity contribution in [3.05, 3.63) is 48.0 Å². The summed E-state index contributed by atoms with van der Waals surface area (Å²) in [6, 6.07) is 6.84. The number of esters is 3. The van der Waals surface area contributed by atoms with Crippen molar-refractivity contribution in [3.63, 3.8) is 0 Å². The van der Waals surface area contributed by atoms with E-state index in [0.29, 0.717) is 24.3 Å². The van der Waals surface area contributed by atoms with Gasteiger partial charge in [-0.25, -0.2) is 14.4 Å². The average molecular weight is 617 g/mol. The maximum atomic E-state index is 12.6. The monoisotopic (exact) mass is 616 g/mol. The van der Waals surface area contributed by atoms with E-state index in [9.17, 15) is 14.4 Å². The van der Waals surface area contributed by atoms with Crippen LogP contribution in [0.15, 0.2) is 36.9 Å². The normalized spacial score (nSPS) is 10.4. The van der Waals surface area contributed by atoms with Gasteiger partial charge in [0.15, 0.2) is 0 Å². The Morgan fingerprint density at radius 2 is 0.841 bits per heavy atom. The zero-order chi connectivity index (χ0) is 32.5. The van der Waals surface area contributed by atoms with Crippen LogP contribution in [0.25, 0.3) is 0 Å². The van der Waals surface area contributed by atoms with Gasteiger partial charge in [0, 0.05) is 6.08 Å². The molecule has 0 aliphatic rings. The number of hydrogen-bond acceptors (Lipinski definition) is 6. The highest BCUT2D eigenvalue weighted by atomic mass is 16.5. The van der Waals surface area contributed by atoms with Crippen molar-refractivity contribution in [1.29, 1.82) is 0 Å². The number of hydrogen-bond donors (Lipinski definition) is 0. The van der Waals surface area contributed by atoms with Gasteiger partial charge in [0.05, 0.1) is 31.5 Å². The quantitative estimate of drug-likeness (QED) is 0.0423. The van der Waals surface area contributed by atoms with E-state index >= 15 is 0 Å². The molecule has 0 fully saturated rings. The van der Waals surface area contributed by atoms with Crippen LogP contribution in [0.4, 0.5) is 0 Å². The molecule has 0 unspecified atom stereocenters. The number of rotatable bonds is 27. The third-order valence-corrected chi connectivity index (χ3v) is 7.70. The first-order valence-electron chi connectivity index (χ1n) is 17.6. The lowest BCUT2D eigenvalue weighted by Crippen LogP contribution is -2.15. The van der Waals surface area contributed by atoms with Crippen LogP contribution < -0.4 is 0 Å². The molecule has 1 aromatic carbocycles. The van der Waals surface area contributed by atoms with Gasteiger partial charge in [-0.3, -0.25) is 0 Å².